The number of nitrogens with zero attached hydrogens (tertiary/aromatic N) is 2. The molecular weight excluding hydrogens is 541 g/mol. The number of carbonyl (C=O) groups is 1. The number of hydrogen-bond donors (Lipinski definition) is 1. The molecule has 1 aromatic heterocycles. The van der Waals surface area contributed by atoms with Gasteiger partial charge in [-0.1, -0.05) is 23.4 Å². The average Bonchev–Trinajstić information content (AvgIpc) is 2.92. The molecule has 212 valence electrons. The molecule has 40 heavy (non-hydrogen) atoms. The van der Waals surface area contributed by atoms with Crippen molar-refractivity contribution in [2.45, 2.75) is 44.7 Å². The van der Waals surface area contributed by atoms with Crippen molar-refractivity contribution in [1.29, 1.82) is 0 Å². The first-order chi connectivity index (χ1) is 19.1. The van der Waals surface area contributed by atoms with Crippen LogP contribution >= 0.6 is 11.6 Å². The summed E-state index contributed by atoms with van der Waals surface area (Å²) in [6, 6.07) is 11.1. The zero-order valence-electron chi connectivity index (χ0n) is 22.3. The summed E-state index contributed by atoms with van der Waals surface area (Å²) in [6.45, 7) is 2.01. The average molecular weight is 573 g/mol. The molecule has 9 heteroatoms. The number of aromatic nitrogens is 1. The van der Waals surface area contributed by atoms with Gasteiger partial charge >= 0.3 is 12.1 Å². The van der Waals surface area contributed by atoms with E-state index in [1.54, 1.807) is 7.11 Å². The maximum atomic E-state index is 12.9. The second-order valence-electron chi connectivity index (χ2n) is 10.2. The summed E-state index contributed by atoms with van der Waals surface area (Å²) < 4.78 is 44.0. The summed E-state index contributed by atoms with van der Waals surface area (Å²) in [6.07, 6.45) is 1.92. The van der Waals surface area contributed by atoms with E-state index in [-0.39, 0.29) is 17.4 Å². The zero-order valence-corrected chi connectivity index (χ0v) is 23.1. The molecule has 1 saturated heterocycles. The summed E-state index contributed by atoms with van der Waals surface area (Å²) in [5.41, 5.74) is 1.71. The molecule has 0 saturated carbocycles. The third-order valence-electron chi connectivity index (χ3n) is 7.59. The normalized spacial score (nSPS) is 17.8. The SMILES string of the molecule is COc1ccc2nccc(CCC[C@@H]3CCN(CC#Cc4ccc(C(F)(F)F)cc4Cl)C[C@@H]3CCC(=O)O)c2c1. The first-order valence-electron chi connectivity index (χ1n) is 13.4. The molecule has 2 heterocycles. The number of piperidine rings is 1. The largest absolute Gasteiger partial charge is 0.497 e. The molecular formula is C31H32ClF3N2O3. The number of fused-ring (bicyclic) bond motifs is 1. The Morgan fingerprint density at radius 1 is 1.18 bits per heavy atom. The second kappa shape index (κ2) is 13.4. The molecule has 2 aromatic carbocycles. The maximum absolute atomic E-state index is 12.9. The number of aliphatic carboxylic acids is 1. The molecule has 0 amide bonds. The van der Waals surface area contributed by atoms with E-state index in [1.807, 2.05) is 30.5 Å². The molecule has 0 unspecified atom stereocenters. The second-order valence-corrected chi connectivity index (χ2v) is 10.6. The topological polar surface area (TPSA) is 62.7 Å². The van der Waals surface area contributed by atoms with Crippen LogP contribution in [-0.2, 0) is 17.4 Å². The lowest BCUT2D eigenvalue weighted by atomic mass is 9.79. The number of alkyl halides is 3. The minimum absolute atomic E-state index is 0.0270. The Morgan fingerprint density at radius 2 is 2.00 bits per heavy atom. The van der Waals surface area contributed by atoms with E-state index < -0.39 is 17.7 Å². The van der Waals surface area contributed by atoms with Crippen LogP contribution in [0.4, 0.5) is 13.2 Å². The third kappa shape index (κ3) is 7.89. The molecule has 0 bridgehead atoms. The number of aryl methyl sites for hydroxylation is 1. The summed E-state index contributed by atoms with van der Waals surface area (Å²) >= 11 is 6.03. The van der Waals surface area contributed by atoms with E-state index in [0.29, 0.717) is 24.4 Å². The van der Waals surface area contributed by atoms with Gasteiger partial charge in [0.2, 0.25) is 0 Å². The van der Waals surface area contributed by atoms with Crippen LogP contribution in [0.15, 0.2) is 48.7 Å². The van der Waals surface area contributed by atoms with Crippen LogP contribution in [0.5, 0.6) is 5.75 Å². The number of ether oxygens (including phenoxy) is 1. The molecule has 4 rings (SSSR count). The van der Waals surface area contributed by atoms with Gasteiger partial charge in [-0.05, 0) is 98.5 Å². The van der Waals surface area contributed by atoms with Crippen LogP contribution in [0.25, 0.3) is 10.9 Å². The highest BCUT2D eigenvalue weighted by Gasteiger charge is 2.31. The van der Waals surface area contributed by atoms with Gasteiger partial charge in [-0.3, -0.25) is 14.7 Å². The minimum Gasteiger partial charge on any atom is -0.497 e. The lowest BCUT2D eigenvalue weighted by molar-refractivity contribution is -0.138. The van der Waals surface area contributed by atoms with E-state index in [2.05, 4.69) is 21.7 Å². The number of rotatable bonds is 9. The van der Waals surface area contributed by atoms with Gasteiger partial charge in [0.15, 0.2) is 0 Å². The number of carboxylic acid groups (broad SMARTS) is 1. The quantitative estimate of drug-likeness (QED) is 0.277. The van der Waals surface area contributed by atoms with Crippen LogP contribution in [0.1, 0.15) is 48.8 Å². The molecule has 1 aliphatic heterocycles. The standard InChI is InChI=1S/C31H32ClF3N2O3/c1-40-26-10-11-29-27(19-26)22(13-15-36-29)5-2-4-21-14-17-37(20-24(21)8-12-30(38)39)16-3-6-23-7-9-25(18-28(23)32)31(33,34)35/h7,9-11,13,15,18-19,21,24H,2,4-5,8,12,14,16-17,20H2,1H3,(H,38,39)/t21-,24+/m1/s1. The molecule has 5 nitrogen and oxygen atoms in total. The molecule has 1 fully saturated rings. The summed E-state index contributed by atoms with van der Waals surface area (Å²) in [4.78, 5) is 18.0. The molecule has 3 aromatic rings. The third-order valence-corrected chi connectivity index (χ3v) is 7.90. The van der Waals surface area contributed by atoms with Crippen LogP contribution in [-0.4, -0.2) is 47.7 Å². The van der Waals surface area contributed by atoms with Gasteiger partial charge in [0, 0.05) is 30.1 Å². The number of halogens is 4. The van der Waals surface area contributed by atoms with Crippen molar-refractivity contribution in [3.05, 3.63) is 70.4 Å². The molecule has 0 aliphatic carbocycles. The lowest BCUT2D eigenvalue weighted by Gasteiger charge is -2.38. The predicted molar refractivity (Wildman–Crippen MR) is 149 cm³/mol. The van der Waals surface area contributed by atoms with E-state index in [4.69, 9.17) is 16.3 Å². The number of pyridine rings is 1. The lowest BCUT2D eigenvalue weighted by Crippen LogP contribution is -2.41. The molecule has 0 spiro atoms. The van der Waals surface area contributed by atoms with Crippen molar-refractivity contribution >= 4 is 28.5 Å². The van der Waals surface area contributed by atoms with Gasteiger partial charge in [-0.2, -0.15) is 13.2 Å². The first kappa shape index (κ1) is 29.7. The van der Waals surface area contributed by atoms with Crippen molar-refractivity contribution in [1.82, 2.24) is 9.88 Å². The van der Waals surface area contributed by atoms with Crippen LogP contribution in [0.3, 0.4) is 0 Å². The Balaban J connectivity index is 1.36. The van der Waals surface area contributed by atoms with Gasteiger partial charge in [-0.25, -0.2) is 0 Å². The van der Waals surface area contributed by atoms with Crippen LogP contribution in [0.2, 0.25) is 5.02 Å². The monoisotopic (exact) mass is 572 g/mol. The van der Waals surface area contributed by atoms with E-state index in [9.17, 15) is 23.1 Å². The molecule has 1 N–H and O–H groups in total. The highest BCUT2D eigenvalue weighted by atomic mass is 35.5. The number of likely N-dealkylation sites (tertiary alicyclic amines) is 1. The highest BCUT2D eigenvalue weighted by molar-refractivity contribution is 6.31. The summed E-state index contributed by atoms with van der Waals surface area (Å²) in [5.74, 6) is 6.57. The number of carboxylic acids is 1. The van der Waals surface area contributed by atoms with Crippen molar-refractivity contribution < 1.29 is 27.8 Å². The van der Waals surface area contributed by atoms with Gasteiger partial charge in [0.1, 0.15) is 5.75 Å². The van der Waals surface area contributed by atoms with Gasteiger partial charge in [-0.15, -0.1) is 0 Å². The number of hydrogen-bond acceptors (Lipinski definition) is 4. The van der Waals surface area contributed by atoms with Crippen LogP contribution in [0, 0.1) is 23.7 Å². The Hall–Kier alpha value is -3.28. The fourth-order valence-electron chi connectivity index (χ4n) is 5.44. The molecule has 1 aliphatic rings. The zero-order chi connectivity index (χ0) is 28.7. The van der Waals surface area contributed by atoms with Gasteiger partial charge in [0.05, 0.1) is 29.8 Å². The van der Waals surface area contributed by atoms with E-state index in [1.165, 1.54) is 11.6 Å². The number of benzene rings is 2. The predicted octanol–water partition coefficient (Wildman–Crippen LogP) is 7.09. The maximum Gasteiger partial charge on any atom is 0.416 e. The highest BCUT2D eigenvalue weighted by Crippen LogP contribution is 2.33. The fraction of sp³-hybridized carbons (Fsp3) is 0.419. The fourth-order valence-corrected chi connectivity index (χ4v) is 5.66. The van der Waals surface area contributed by atoms with Crippen molar-refractivity contribution in [2.24, 2.45) is 11.8 Å². The van der Waals surface area contributed by atoms with Crippen molar-refractivity contribution in [2.75, 3.05) is 26.7 Å². The summed E-state index contributed by atoms with van der Waals surface area (Å²) in [5, 5.41) is 10.4. The molecule has 0 radical (unpaired) electrons. The van der Waals surface area contributed by atoms with Gasteiger partial charge in [0.25, 0.3) is 0 Å². The Kier molecular flexibility index (Phi) is 9.94. The smallest absolute Gasteiger partial charge is 0.416 e. The van der Waals surface area contributed by atoms with Crippen molar-refractivity contribution in [3.63, 3.8) is 0 Å². The minimum atomic E-state index is -4.45. The first-order valence-corrected chi connectivity index (χ1v) is 13.7. The Morgan fingerprint density at radius 3 is 2.73 bits per heavy atom. The van der Waals surface area contributed by atoms with Crippen molar-refractivity contribution in [3.8, 4) is 17.6 Å². The Bertz CT molecular complexity index is 1400. The van der Waals surface area contributed by atoms with Crippen LogP contribution < -0.4 is 4.74 Å². The van der Waals surface area contributed by atoms with E-state index in [0.717, 1.165) is 67.6 Å². The number of methoxy groups -OCH3 is 1. The van der Waals surface area contributed by atoms with E-state index >= 15 is 0 Å². The summed E-state index contributed by atoms with van der Waals surface area (Å²) in [7, 11) is 1.65. The van der Waals surface area contributed by atoms with Gasteiger partial charge < -0.3 is 9.84 Å². The Labute approximate surface area is 237 Å². The molecule has 2 atom stereocenters.